The van der Waals surface area contributed by atoms with Gasteiger partial charge in [-0.25, -0.2) is 13.6 Å². The van der Waals surface area contributed by atoms with E-state index in [4.69, 9.17) is 15.3 Å². The van der Waals surface area contributed by atoms with Crippen molar-refractivity contribution in [2.24, 2.45) is 0 Å². The number of carbonyl (C=O) groups excluding carboxylic acids is 1. The Morgan fingerprint density at radius 2 is 1.77 bits per heavy atom. The number of carbonyl (C=O) groups is 1. The zero-order valence-electron chi connectivity index (χ0n) is 21.4. The highest BCUT2D eigenvalue weighted by atomic mass is 19.2. The molecule has 0 amide bonds. The first kappa shape index (κ1) is 26.8. The molecule has 0 aliphatic carbocycles. The summed E-state index contributed by atoms with van der Waals surface area (Å²) in [5.74, 6) is -2.35. The summed E-state index contributed by atoms with van der Waals surface area (Å²) in [6.45, 7) is 3.58. The minimum atomic E-state index is -1.02. The first-order valence-electron chi connectivity index (χ1n) is 11.9. The third-order valence-corrected chi connectivity index (χ3v) is 6.00. The zero-order valence-corrected chi connectivity index (χ0v) is 21.4. The molecule has 3 aromatic carbocycles. The van der Waals surface area contributed by atoms with Crippen LogP contribution in [-0.4, -0.2) is 29.1 Å². The summed E-state index contributed by atoms with van der Waals surface area (Å²) in [7, 11) is 1.25. The number of nitriles is 2. The standard InChI is InChI=1S/C20H17F2N3O2.C10H6N2/c1-11(2)25(16-6-4-5-14(21)18(16)22)19-17(20(26)27-3)13-8-7-12(10-23)9-15(13)24-19;11-7-9-4-1-3-8-5-2-6-12-10(8)9/h4-9,11,24H,1-3H3;1-6H. The van der Waals surface area contributed by atoms with Gasteiger partial charge in [0.25, 0.3) is 0 Å². The largest absolute Gasteiger partial charge is 0.465 e. The molecule has 0 spiro atoms. The van der Waals surface area contributed by atoms with Crippen molar-refractivity contribution in [2.45, 2.75) is 19.9 Å². The number of rotatable bonds is 4. The third-order valence-electron chi connectivity index (χ3n) is 6.00. The number of pyridine rings is 1. The van der Waals surface area contributed by atoms with Gasteiger partial charge >= 0.3 is 5.97 Å². The Balaban J connectivity index is 0.000000243. The van der Waals surface area contributed by atoms with E-state index in [1.165, 1.54) is 24.1 Å². The van der Waals surface area contributed by atoms with Crippen LogP contribution in [0.5, 0.6) is 0 Å². The molecule has 0 saturated carbocycles. The molecule has 194 valence electrons. The van der Waals surface area contributed by atoms with Gasteiger partial charge < -0.3 is 14.6 Å². The first-order valence-corrected chi connectivity index (χ1v) is 11.9. The second kappa shape index (κ2) is 11.4. The SMILES string of the molecule is COC(=O)c1c(N(c2cccc(F)c2F)C(C)C)[nH]c2cc(C#N)ccc12.N#Cc1cccc2cccnc12. The molecule has 7 nitrogen and oxygen atoms in total. The van der Waals surface area contributed by atoms with E-state index in [0.717, 1.165) is 17.0 Å². The predicted molar refractivity (Wildman–Crippen MR) is 144 cm³/mol. The second-order valence-corrected chi connectivity index (χ2v) is 8.74. The lowest BCUT2D eigenvalue weighted by Crippen LogP contribution is -2.28. The lowest BCUT2D eigenvalue weighted by atomic mass is 10.1. The van der Waals surface area contributed by atoms with E-state index >= 15 is 0 Å². The number of nitrogens with one attached hydrogen (secondary N) is 1. The summed E-state index contributed by atoms with van der Waals surface area (Å²) in [6, 6.07) is 21.9. The number of hydrogen-bond acceptors (Lipinski definition) is 6. The van der Waals surface area contributed by atoms with E-state index in [2.05, 4.69) is 16.0 Å². The molecule has 0 unspecified atom stereocenters. The minimum absolute atomic E-state index is 0.0118. The lowest BCUT2D eigenvalue weighted by molar-refractivity contribution is 0.0604. The molecule has 0 fully saturated rings. The molecule has 0 atom stereocenters. The number of methoxy groups -OCH3 is 1. The van der Waals surface area contributed by atoms with Gasteiger partial charge in [-0.1, -0.05) is 30.3 Å². The lowest BCUT2D eigenvalue weighted by Gasteiger charge is -2.29. The third kappa shape index (κ3) is 5.25. The van der Waals surface area contributed by atoms with Gasteiger partial charge in [-0.05, 0) is 50.2 Å². The van der Waals surface area contributed by atoms with Crippen LogP contribution in [-0.2, 0) is 4.74 Å². The number of fused-ring (bicyclic) bond motifs is 2. The molecule has 5 aromatic rings. The molecule has 0 saturated heterocycles. The van der Waals surface area contributed by atoms with Gasteiger partial charge in [0.15, 0.2) is 11.6 Å². The van der Waals surface area contributed by atoms with E-state index in [1.807, 2.05) is 30.3 Å². The van der Waals surface area contributed by atoms with Gasteiger partial charge in [0, 0.05) is 28.5 Å². The Hall–Kier alpha value is -5.28. The topological polar surface area (TPSA) is 106 Å². The fraction of sp³-hybridized carbons (Fsp3) is 0.133. The molecule has 0 bridgehead atoms. The van der Waals surface area contributed by atoms with Gasteiger partial charge in [0.1, 0.15) is 17.5 Å². The van der Waals surface area contributed by atoms with E-state index < -0.39 is 17.6 Å². The van der Waals surface area contributed by atoms with Crippen molar-refractivity contribution in [1.82, 2.24) is 9.97 Å². The van der Waals surface area contributed by atoms with Crippen molar-refractivity contribution in [3.05, 3.63) is 101 Å². The van der Waals surface area contributed by atoms with Crippen molar-refractivity contribution in [3.63, 3.8) is 0 Å². The molecule has 0 aliphatic rings. The Kier molecular flexibility index (Phi) is 7.83. The summed E-state index contributed by atoms with van der Waals surface area (Å²) in [5, 5.41) is 19.4. The quantitative estimate of drug-likeness (QED) is 0.261. The highest BCUT2D eigenvalue weighted by Gasteiger charge is 2.28. The predicted octanol–water partition coefficient (Wildman–Crippen LogP) is 6.76. The monoisotopic (exact) mass is 523 g/mol. The summed E-state index contributed by atoms with van der Waals surface area (Å²) >= 11 is 0. The van der Waals surface area contributed by atoms with Crippen LogP contribution in [0.4, 0.5) is 20.3 Å². The fourth-order valence-corrected chi connectivity index (χ4v) is 4.27. The van der Waals surface area contributed by atoms with Crippen molar-refractivity contribution in [3.8, 4) is 12.1 Å². The van der Waals surface area contributed by atoms with Gasteiger partial charge in [0.2, 0.25) is 0 Å². The first-order chi connectivity index (χ1) is 18.8. The molecule has 5 rings (SSSR count). The average molecular weight is 524 g/mol. The van der Waals surface area contributed by atoms with Crippen LogP contribution in [0.25, 0.3) is 21.8 Å². The van der Waals surface area contributed by atoms with Crippen LogP contribution in [0.2, 0.25) is 0 Å². The Morgan fingerprint density at radius 3 is 2.46 bits per heavy atom. The smallest absolute Gasteiger partial charge is 0.342 e. The maximum atomic E-state index is 14.5. The highest BCUT2D eigenvalue weighted by molar-refractivity contribution is 6.10. The summed E-state index contributed by atoms with van der Waals surface area (Å²) in [6.07, 6.45) is 1.70. The summed E-state index contributed by atoms with van der Waals surface area (Å²) in [4.78, 5) is 21.2. The molecule has 39 heavy (non-hydrogen) atoms. The average Bonchev–Trinajstić information content (AvgIpc) is 3.32. The van der Waals surface area contributed by atoms with Crippen LogP contribution < -0.4 is 4.90 Å². The van der Waals surface area contributed by atoms with Crippen LogP contribution >= 0.6 is 0 Å². The maximum Gasteiger partial charge on any atom is 0.342 e. The number of para-hydroxylation sites is 1. The van der Waals surface area contributed by atoms with Gasteiger partial charge in [-0.2, -0.15) is 10.5 Å². The Morgan fingerprint density at radius 1 is 1.03 bits per heavy atom. The normalized spacial score (nSPS) is 10.5. The molecular weight excluding hydrogens is 500 g/mol. The van der Waals surface area contributed by atoms with E-state index in [0.29, 0.717) is 22.0 Å². The maximum absolute atomic E-state index is 14.5. The number of aromatic amines is 1. The molecule has 0 aliphatic heterocycles. The molecule has 2 heterocycles. The van der Waals surface area contributed by atoms with Gasteiger partial charge in [-0.3, -0.25) is 4.98 Å². The van der Waals surface area contributed by atoms with Crippen molar-refractivity contribution < 1.29 is 18.3 Å². The summed E-state index contributed by atoms with van der Waals surface area (Å²) in [5.41, 5.74) is 2.51. The van der Waals surface area contributed by atoms with E-state index in [-0.39, 0.29) is 23.1 Å². The summed E-state index contributed by atoms with van der Waals surface area (Å²) < 4.78 is 33.2. The van der Waals surface area contributed by atoms with Crippen LogP contribution in [0.3, 0.4) is 0 Å². The Bertz CT molecular complexity index is 1760. The van der Waals surface area contributed by atoms with E-state index in [9.17, 15) is 13.6 Å². The molecule has 9 heteroatoms. The molecule has 0 radical (unpaired) electrons. The number of hydrogen-bond donors (Lipinski definition) is 1. The Labute approximate surface area is 223 Å². The number of esters is 1. The molecule has 2 aromatic heterocycles. The van der Waals surface area contributed by atoms with Gasteiger partial charge in [-0.15, -0.1) is 0 Å². The second-order valence-electron chi connectivity index (χ2n) is 8.74. The number of ether oxygens (including phenoxy) is 1. The van der Waals surface area contributed by atoms with Gasteiger partial charge in [0.05, 0.1) is 35.5 Å². The van der Waals surface area contributed by atoms with Crippen molar-refractivity contribution in [2.75, 3.05) is 12.0 Å². The fourth-order valence-electron chi connectivity index (χ4n) is 4.27. The number of benzene rings is 3. The van der Waals surface area contributed by atoms with E-state index in [1.54, 1.807) is 44.3 Å². The number of halogens is 2. The van der Waals surface area contributed by atoms with Crippen LogP contribution in [0.1, 0.15) is 35.3 Å². The minimum Gasteiger partial charge on any atom is -0.465 e. The highest BCUT2D eigenvalue weighted by Crippen LogP contribution is 2.37. The zero-order chi connectivity index (χ0) is 28.1. The van der Waals surface area contributed by atoms with Crippen molar-refractivity contribution in [1.29, 1.82) is 10.5 Å². The number of nitrogens with zero attached hydrogens (tertiary/aromatic N) is 4. The number of H-pyrrole nitrogens is 1. The molecular formula is C30H23F2N5O2. The van der Waals surface area contributed by atoms with Crippen molar-refractivity contribution >= 4 is 39.3 Å². The number of anilines is 2. The number of aromatic nitrogens is 2. The molecule has 1 N–H and O–H groups in total. The van der Waals surface area contributed by atoms with Crippen LogP contribution in [0, 0.1) is 34.3 Å². The van der Waals surface area contributed by atoms with Crippen LogP contribution in [0.15, 0.2) is 72.9 Å².